The van der Waals surface area contributed by atoms with Gasteiger partial charge in [-0.15, -0.1) is 0 Å². The van der Waals surface area contributed by atoms with Crippen LogP contribution in [0.15, 0.2) is 24.3 Å². The number of anilines is 1. The maximum Gasteiger partial charge on any atom is 0.325 e. The van der Waals surface area contributed by atoms with Gasteiger partial charge in [0.25, 0.3) is 5.91 Å². The molecule has 2 aliphatic rings. The van der Waals surface area contributed by atoms with Crippen LogP contribution in [0.3, 0.4) is 0 Å². The van der Waals surface area contributed by atoms with E-state index in [1.165, 1.54) is 7.11 Å². The first kappa shape index (κ1) is 17.7. The Morgan fingerprint density at radius 3 is 3.00 bits per heavy atom. The van der Waals surface area contributed by atoms with Gasteiger partial charge in [0, 0.05) is 36.4 Å². The molecule has 2 heterocycles. The van der Waals surface area contributed by atoms with Crippen LogP contribution in [0, 0.1) is 0 Å². The summed E-state index contributed by atoms with van der Waals surface area (Å²) in [5.41, 5.74) is 1.29. The zero-order valence-electron chi connectivity index (χ0n) is 14.7. The van der Waals surface area contributed by atoms with Crippen molar-refractivity contribution < 1.29 is 19.1 Å². The Morgan fingerprint density at radius 2 is 2.20 bits per heavy atom. The van der Waals surface area contributed by atoms with Crippen LogP contribution in [0.2, 0.25) is 0 Å². The minimum Gasteiger partial charge on any atom is -0.468 e. The smallest absolute Gasteiger partial charge is 0.325 e. The number of hydrogen-bond donors (Lipinski definition) is 2. The average Bonchev–Trinajstić information content (AvgIpc) is 3.01. The number of benzene rings is 1. The number of hydrogen-bond acceptors (Lipinski definition) is 6. The molecule has 0 spiro atoms. The lowest BCUT2D eigenvalue weighted by molar-refractivity contribution is -0.138. The van der Waals surface area contributed by atoms with Crippen LogP contribution in [0.4, 0.5) is 5.69 Å². The van der Waals surface area contributed by atoms with Crippen molar-refractivity contribution in [2.24, 2.45) is 0 Å². The number of fused-ring (bicyclic) bond motifs is 1. The topological polar surface area (TPSA) is 79.9 Å². The molecular formula is C18H25N3O4. The van der Waals surface area contributed by atoms with Gasteiger partial charge < -0.3 is 20.1 Å². The molecule has 0 radical (unpaired) electrons. The number of methoxy groups -OCH3 is 1. The van der Waals surface area contributed by atoms with Crippen molar-refractivity contribution in [2.45, 2.75) is 31.5 Å². The Hall–Kier alpha value is -2.12. The molecule has 136 valence electrons. The van der Waals surface area contributed by atoms with E-state index in [2.05, 4.69) is 27.2 Å². The molecule has 1 aromatic rings. The van der Waals surface area contributed by atoms with Crippen molar-refractivity contribution in [1.29, 1.82) is 0 Å². The largest absolute Gasteiger partial charge is 0.468 e. The Labute approximate surface area is 147 Å². The van der Waals surface area contributed by atoms with Gasteiger partial charge in [-0.2, -0.15) is 0 Å². The van der Waals surface area contributed by atoms with E-state index >= 15 is 0 Å². The molecule has 0 unspecified atom stereocenters. The first-order chi connectivity index (χ1) is 12.0. The number of morpholine rings is 1. The molecule has 0 saturated carbocycles. The lowest BCUT2D eigenvalue weighted by Crippen LogP contribution is -2.45. The monoisotopic (exact) mass is 347 g/mol. The third-order valence-electron chi connectivity index (χ3n) is 4.72. The molecule has 2 saturated heterocycles. The number of ether oxygens (including phenoxy) is 2. The summed E-state index contributed by atoms with van der Waals surface area (Å²) in [6.45, 7) is 4.67. The molecule has 25 heavy (non-hydrogen) atoms. The molecular weight excluding hydrogens is 322 g/mol. The van der Waals surface area contributed by atoms with E-state index in [-0.39, 0.29) is 30.6 Å². The highest BCUT2D eigenvalue weighted by molar-refractivity contribution is 5.95. The van der Waals surface area contributed by atoms with Crippen LogP contribution in [0.1, 0.15) is 23.7 Å². The molecule has 1 amide bonds. The third kappa shape index (κ3) is 4.49. The second-order valence-corrected chi connectivity index (χ2v) is 6.67. The van der Waals surface area contributed by atoms with Gasteiger partial charge in [0.15, 0.2) is 0 Å². The zero-order valence-corrected chi connectivity index (χ0v) is 14.7. The Kier molecular flexibility index (Phi) is 5.55. The van der Waals surface area contributed by atoms with E-state index in [0.717, 1.165) is 26.1 Å². The minimum atomic E-state index is -0.353. The zero-order chi connectivity index (χ0) is 17.8. The average molecular weight is 347 g/mol. The highest BCUT2D eigenvalue weighted by atomic mass is 16.5. The Morgan fingerprint density at radius 1 is 1.36 bits per heavy atom. The van der Waals surface area contributed by atoms with Crippen molar-refractivity contribution >= 4 is 17.6 Å². The van der Waals surface area contributed by atoms with Gasteiger partial charge in [-0.05, 0) is 31.5 Å². The number of carbonyl (C=O) groups excluding carboxylic acids is 2. The second kappa shape index (κ2) is 7.84. The number of nitrogens with one attached hydrogen (secondary N) is 2. The number of esters is 1. The van der Waals surface area contributed by atoms with Crippen LogP contribution in [-0.2, 0) is 14.3 Å². The van der Waals surface area contributed by atoms with Gasteiger partial charge in [-0.3, -0.25) is 14.5 Å². The molecule has 7 heteroatoms. The molecule has 2 N–H and O–H groups in total. The molecule has 1 aromatic carbocycles. The first-order valence-electron chi connectivity index (χ1n) is 8.62. The minimum absolute atomic E-state index is 0.0685. The van der Waals surface area contributed by atoms with E-state index in [9.17, 15) is 9.59 Å². The molecule has 0 bridgehead atoms. The van der Waals surface area contributed by atoms with Crippen LogP contribution < -0.4 is 10.6 Å². The number of rotatable bonds is 5. The molecule has 2 fully saturated rings. The first-order valence-corrected chi connectivity index (χ1v) is 8.62. The van der Waals surface area contributed by atoms with Crippen LogP contribution in [0.25, 0.3) is 0 Å². The Bertz CT molecular complexity index is 637. The number of carbonyl (C=O) groups is 2. The van der Waals surface area contributed by atoms with Crippen molar-refractivity contribution in [2.75, 3.05) is 38.7 Å². The summed E-state index contributed by atoms with van der Waals surface area (Å²) >= 11 is 0. The summed E-state index contributed by atoms with van der Waals surface area (Å²) in [5.74, 6) is -0.450. The van der Waals surface area contributed by atoms with E-state index in [4.69, 9.17) is 4.74 Å². The van der Waals surface area contributed by atoms with Gasteiger partial charge >= 0.3 is 5.97 Å². The fourth-order valence-electron chi connectivity index (χ4n) is 3.43. The molecule has 0 aliphatic carbocycles. The standard InChI is InChI=1S/C18H25N3O4/c1-12-9-21-10-15(7-16(21)11-25-12)20-18(23)13-4-3-5-14(6-13)19-8-17(22)24-2/h3-6,12,15-16,19H,7-11H2,1-2H3,(H,20,23)/t12-,15+,16+/m1/s1. The SMILES string of the molecule is COC(=O)CNc1cccc(C(=O)N[C@H]2C[C@H]3CO[C@H](C)CN3C2)c1. The van der Waals surface area contributed by atoms with Gasteiger partial charge in [0.1, 0.15) is 6.54 Å². The number of amides is 1. The fourth-order valence-corrected chi connectivity index (χ4v) is 3.43. The maximum absolute atomic E-state index is 12.5. The van der Waals surface area contributed by atoms with Gasteiger partial charge in [0.05, 0.1) is 19.8 Å². The summed E-state index contributed by atoms with van der Waals surface area (Å²) in [6, 6.07) is 7.65. The van der Waals surface area contributed by atoms with Crippen LogP contribution >= 0.6 is 0 Å². The van der Waals surface area contributed by atoms with Crippen molar-refractivity contribution in [3.63, 3.8) is 0 Å². The lowest BCUT2D eigenvalue weighted by atomic mass is 10.1. The molecule has 7 nitrogen and oxygen atoms in total. The molecule has 0 aromatic heterocycles. The quantitative estimate of drug-likeness (QED) is 0.769. The van der Waals surface area contributed by atoms with E-state index < -0.39 is 0 Å². The summed E-state index contributed by atoms with van der Waals surface area (Å²) in [5, 5.41) is 6.06. The van der Waals surface area contributed by atoms with E-state index in [1.54, 1.807) is 18.2 Å². The summed E-state index contributed by atoms with van der Waals surface area (Å²) in [6.07, 6.45) is 1.17. The molecule has 3 atom stereocenters. The summed E-state index contributed by atoms with van der Waals surface area (Å²) in [4.78, 5) is 26.1. The van der Waals surface area contributed by atoms with E-state index in [1.807, 2.05) is 6.07 Å². The lowest BCUT2D eigenvalue weighted by Gasteiger charge is -2.33. The maximum atomic E-state index is 12.5. The Balaban J connectivity index is 1.55. The van der Waals surface area contributed by atoms with Crippen molar-refractivity contribution in [1.82, 2.24) is 10.2 Å². The molecule has 3 rings (SSSR count). The van der Waals surface area contributed by atoms with Gasteiger partial charge in [-0.1, -0.05) is 6.07 Å². The van der Waals surface area contributed by atoms with Gasteiger partial charge in [-0.25, -0.2) is 0 Å². The van der Waals surface area contributed by atoms with Gasteiger partial charge in [0.2, 0.25) is 0 Å². The highest BCUT2D eigenvalue weighted by Crippen LogP contribution is 2.23. The van der Waals surface area contributed by atoms with Crippen molar-refractivity contribution in [3.8, 4) is 0 Å². The predicted molar refractivity (Wildman–Crippen MR) is 93.6 cm³/mol. The second-order valence-electron chi connectivity index (χ2n) is 6.67. The predicted octanol–water partition coefficient (Wildman–Crippen LogP) is 0.863. The third-order valence-corrected chi connectivity index (χ3v) is 4.72. The summed E-state index contributed by atoms with van der Waals surface area (Å²) in [7, 11) is 1.34. The highest BCUT2D eigenvalue weighted by Gasteiger charge is 2.36. The van der Waals surface area contributed by atoms with Crippen LogP contribution in [0.5, 0.6) is 0 Å². The summed E-state index contributed by atoms with van der Waals surface area (Å²) < 4.78 is 10.3. The van der Waals surface area contributed by atoms with Crippen LogP contribution in [-0.4, -0.2) is 68.3 Å². The normalized spacial score (nSPS) is 25.9. The number of nitrogens with zero attached hydrogens (tertiary/aromatic N) is 1. The van der Waals surface area contributed by atoms with E-state index in [0.29, 0.717) is 17.3 Å². The van der Waals surface area contributed by atoms with Crippen molar-refractivity contribution in [3.05, 3.63) is 29.8 Å². The molecule has 2 aliphatic heterocycles. The fraction of sp³-hybridized carbons (Fsp3) is 0.556.